The molecule has 4 nitrogen and oxygen atoms in total. The van der Waals surface area contributed by atoms with E-state index in [1.54, 1.807) is 0 Å². The van der Waals surface area contributed by atoms with Crippen LogP contribution in [-0.4, -0.2) is 28.6 Å². The number of amides is 1. The fraction of sp³-hybridized carbons (Fsp3) is 0.450. The van der Waals surface area contributed by atoms with Crippen LogP contribution < -0.4 is 10.6 Å². The van der Waals surface area contributed by atoms with Gasteiger partial charge in [-0.05, 0) is 57.7 Å². The van der Waals surface area contributed by atoms with Crippen molar-refractivity contribution >= 4 is 5.91 Å². The van der Waals surface area contributed by atoms with Gasteiger partial charge in [0.15, 0.2) is 0 Å². The number of aromatic nitrogens is 1. The lowest BCUT2D eigenvalue weighted by Gasteiger charge is -2.29. The summed E-state index contributed by atoms with van der Waals surface area (Å²) < 4.78 is 2.15. The number of benzene rings is 1. The van der Waals surface area contributed by atoms with Crippen molar-refractivity contribution in [3.8, 4) is 5.69 Å². The lowest BCUT2D eigenvalue weighted by Crippen LogP contribution is -2.48. The molecule has 1 amide bonds. The minimum atomic E-state index is 0.0663. The molecule has 0 radical (unpaired) electrons. The van der Waals surface area contributed by atoms with Gasteiger partial charge in [-0.2, -0.15) is 0 Å². The largest absolute Gasteiger partial charge is 0.349 e. The van der Waals surface area contributed by atoms with Crippen molar-refractivity contribution in [2.24, 2.45) is 0 Å². The van der Waals surface area contributed by atoms with E-state index in [0.717, 1.165) is 35.5 Å². The van der Waals surface area contributed by atoms with Gasteiger partial charge in [0, 0.05) is 35.2 Å². The van der Waals surface area contributed by atoms with Crippen LogP contribution in [0.15, 0.2) is 36.4 Å². The third kappa shape index (κ3) is 2.75. The molecule has 126 valence electrons. The fourth-order valence-electron chi connectivity index (χ4n) is 4.41. The van der Waals surface area contributed by atoms with Gasteiger partial charge < -0.3 is 15.2 Å². The Morgan fingerprint density at radius 3 is 2.46 bits per heavy atom. The second-order valence-electron chi connectivity index (χ2n) is 7.24. The molecule has 4 rings (SSSR count). The van der Waals surface area contributed by atoms with Gasteiger partial charge in [0.25, 0.3) is 5.91 Å². The van der Waals surface area contributed by atoms with E-state index in [-0.39, 0.29) is 5.91 Å². The maximum absolute atomic E-state index is 12.8. The number of carbonyl (C=O) groups is 1. The highest BCUT2D eigenvalue weighted by Gasteiger charge is 2.34. The summed E-state index contributed by atoms with van der Waals surface area (Å²) in [6.07, 6.45) is 4.61. The van der Waals surface area contributed by atoms with E-state index in [1.165, 1.54) is 12.8 Å². The van der Waals surface area contributed by atoms with Crippen molar-refractivity contribution in [1.29, 1.82) is 0 Å². The first-order valence-electron chi connectivity index (χ1n) is 8.93. The highest BCUT2D eigenvalue weighted by atomic mass is 16.1. The van der Waals surface area contributed by atoms with Crippen molar-refractivity contribution in [2.75, 3.05) is 0 Å². The van der Waals surface area contributed by atoms with Crippen LogP contribution in [0.5, 0.6) is 0 Å². The van der Waals surface area contributed by atoms with Crippen LogP contribution in [-0.2, 0) is 0 Å². The second-order valence-corrected chi connectivity index (χ2v) is 7.24. The van der Waals surface area contributed by atoms with E-state index in [2.05, 4.69) is 34.3 Å². The quantitative estimate of drug-likeness (QED) is 0.912. The zero-order chi connectivity index (χ0) is 16.7. The van der Waals surface area contributed by atoms with Crippen LogP contribution in [0.25, 0.3) is 5.69 Å². The Kier molecular flexibility index (Phi) is 3.93. The van der Waals surface area contributed by atoms with Gasteiger partial charge in [0.2, 0.25) is 0 Å². The first kappa shape index (κ1) is 15.5. The molecule has 3 heterocycles. The summed E-state index contributed by atoms with van der Waals surface area (Å²) in [4.78, 5) is 12.8. The topological polar surface area (TPSA) is 46.1 Å². The molecule has 1 aromatic carbocycles. The molecule has 2 unspecified atom stereocenters. The molecule has 2 aliphatic rings. The SMILES string of the molecule is Cc1cc(C(=O)NC2CC3CCC(C2)N3)c(C)n1-c1ccccc1. The summed E-state index contributed by atoms with van der Waals surface area (Å²) in [6, 6.07) is 13.7. The molecular weight excluding hydrogens is 298 g/mol. The number of nitrogens with one attached hydrogen (secondary N) is 2. The molecule has 2 N–H and O–H groups in total. The van der Waals surface area contributed by atoms with Crippen LogP contribution in [0.2, 0.25) is 0 Å². The highest BCUT2D eigenvalue weighted by molar-refractivity contribution is 5.96. The lowest BCUT2D eigenvalue weighted by molar-refractivity contribution is 0.0923. The smallest absolute Gasteiger partial charge is 0.253 e. The molecule has 1 aromatic heterocycles. The summed E-state index contributed by atoms with van der Waals surface area (Å²) in [6.45, 7) is 4.09. The average Bonchev–Trinajstić information content (AvgIpc) is 3.07. The number of piperidine rings is 1. The third-order valence-electron chi connectivity index (χ3n) is 5.50. The van der Waals surface area contributed by atoms with Crippen molar-refractivity contribution < 1.29 is 4.79 Å². The Hall–Kier alpha value is -2.07. The second kappa shape index (κ2) is 6.10. The van der Waals surface area contributed by atoms with Crippen molar-refractivity contribution in [3.63, 3.8) is 0 Å². The molecule has 2 atom stereocenters. The van der Waals surface area contributed by atoms with E-state index in [0.29, 0.717) is 18.1 Å². The molecule has 24 heavy (non-hydrogen) atoms. The molecular formula is C20H25N3O. The van der Waals surface area contributed by atoms with E-state index >= 15 is 0 Å². The standard InChI is InChI=1S/C20H25N3O/c1-13-10-19(14(2)23(13)18-6-4-3-5-7-18)20(24)22-17-11-15-8-9-16(12-17)21-15/h3-7,10,15-17,21H,8-9,11-12H2,1-2H3,(H,22,24). The third-order valence-corrected chi connectivity index (χ3v) is 5.50. The van der Waals surface area contributed by atoms with Gasteiger partial charge in [0.05, 0.1) is 5.56 Å². The first-order valence-corrected chi connectivity index (χ1v) is 8.93. The average molecular weight is 323 g/mol. The van der Waals surface area contributed by atoms with Crippen LogP contribution in [0.1, 0.15) is 47.4 Å². The maximum Gasteiger partial charge on any atom is 0.253 e. The lowest BCUT2D eigenvalue weighted by atomic mass is 9.99. The maximum atomic E-state index is 12.8. The van der Waals surface area contributed by atoms with Gasteiger partial charge in [-0.15, -0.1) is 0 Å². The number of rotatable bonds is 3. The summed E-state index contributed by atoms with van der Waals surface area (Å²) >= 11 is 0. The predicted octanol–water partition coefficient (Wildman–Crippen LogP) is 3.11. The first-order chi connectivity index (χ1) is 11.6. The Morgan fingerprint density at radius 2 is 1.79 bits per heavy atom. The molecule has 2 fully saturated rings. The summed E-state index contributed by atoms with van der Waals surface area (Å²) in [7, 11) is 0. The Bertz CT molecular complexity index is 738. The van der Waals surface area contributed by atoms with Gasteiger partial charge >= 0.3 is 0 Å². The Morgan fingerprint density at radius 1 is 1.12 bits per heavy atom. The number of carbonyl (C=O) groups excluding carboxylic acids is 1. The number of aryl methyl sites for hydroxylation is 1. The number of fused-ring (bicyclic) bond motifs is 2. The molecule has 2 aliphatic heterocycles. The molecule has 2 aromatic rings. The van der Waals surface area contributed by atoms with Crippen molar-refractivity contribution in [2.45, 2.75) is 57.7 Å². The van der Waals surface area contributed by atoms with Gasteiger partial charge in [-0.1, -0.05) is 18.2 Å². The number of hydrogen-bond acceptors (Lipinski definition) is 2. The van der Waals surface area contributed by atoms with Crippen LogP contribution in [0.3, 0.4) is 0 Å². The zero-order valence-electron chi connectivity index (χ0n) is 14.4. The zero-order valence-corrected chi connectivity index (χ0v) is 14.4. The van der Waals surface area contributed by atoms with Crippen LogP contribution >= 0.6 is 0 Å². The van der Waals surface area contributed by atoms with E-state index in [1.807, 2.05) is 31.2 Å². The van der Waals surface area contributed by atoms with Gasteiger partial charge in [-0.25, -0.2) is 0 Å². The van der Waals surface area contributed by atoms with E-state index in [4.69, 9.17) is 0 Å². The molecule has 0 aliphatic carbocycles. The fourth-order valence-corrected chi connectivity index (χ4v) is 4.41. The number of hydrogen-bond donors (Lipinski definition) is 2. The van der Waals surface area contributed by atoms with Gasteiger partial charge in [0.1, 0.15) is 0 Å². The molecule has 0 saturated carbocycles. The summed E-state index contributed by atoms with van der Waals surface area (Å²) in [5, 5.41) is 6.90. The molecule has 2 bridgehead atoms. The highest BCUT2D eigenvalue weighted by Crippen LogP contribution is 2.27. The minimum Gasteiger partial charge on any atom is -0.349 e. The van der Waals surface area contributed by atoms with E-state index < -0.39 is 0 Å². The van der Waals surface area contributed by atoms with Gasteiger partial charge in [-0.3, -0.25) is 4.79 Å². The normalized spacial score (nSPS) is 25.7. The van der Waals surface area contributed by atoms with Crippen LogP contribution in [0, 0.1) is 13.8 Å². The van der Waals surface area contributed by atoms with Crippen LogP contribution in [0.4, 0.5) is 0 Å². The monoisotopic (exact) mass is 323 g/mol. The van der Waals surface area contributed by atoms with E-state index in [9.17, 15) is 4.79 Å². The van der Waals surface area contributed by atoms with Crippen molar-refractivity contribution in [3.05, 3.63) is 53.3 Å². The summed E-state index contributed by atoms with van der Waals surface area (Å²) in [5.41, 5.74) is 4.00. The molecule has 4 heteroatoms. The molecule has 0 spiro atoms. The number of para-hydroxylation sites is 1. The Labute approximate surface area is 143 Å². The number of nitrogens with zero attached hydrogens (tertiary/aromatic N) is 1. The minimum absolute atomic E-state index is 0.0663. The Balaban J connectivity index is 1.55. The predicted molar refractivity (Wildman–Crippen MR) is 95.7 cm³/mol. The van der Waals surface area contributed by atoms with Crippen molar-refractivity contribution in [1.82, 2.24) is 15.2 Å². The molecule has 2 saturated heterocycles. The summed E-state index contributed by atoms with van der Waals surface area (Å²) in [5.74, 6) is 0.0663.